The monoisotopic (exact) mass is 346 g/mol. The predicted molar refractivity (Wildman–Crippen MR) is 99.9 cm³/mol. The van der Waals surface area contributed by atoms with E-state index in [9.17, 15) is 9.59 Å². The molecule has 0 saturated carbocycles. The number of aldehydes is 1. The molecule has 8 nitrogen and oxygen atoms in total. The molecular weight excluding hydrogens is 320 g/mol. The van der Waals surface area contributed by atoms with Crippen LogP contribution in [0.1, 0.15) is 34.7 Å². The van der Waals surface area contributed by atoms with Gasteiger partial charge in [0.15, 0.2) is 11.5 Å². The van der Waals surface area contributed by atoms with Gasteiger partial charge in [0.05, 0.1) is 11.9 Å². The summed E-state index contributed by atoms with van der Waals surface area (Å²) in [5.74, 6) is 4.42. The van der Waals surface area contributed by atoms with Gasteiger partial charge < -0.3 is 10.6 Å². The summed E-state index contributed by atoms with van der Waals surface area (Å²) in [5, 5.41) is 0. The van der Waals surface area contributed by atoms with Crippen molar-refractivity contribution in [3.8, 4) is 11.3 Å². The molecule has 5 N–H and O–H groups in total. The molecule has 1 aromatic carbocycles. The molecule has 136 valence electrons. The molecule has 2 rings (SSSR count). The smallest absolute Gasteiger partial charge is 0.287 e. The third kappa shape index (κ3) is 7.51. The van der Waals surface area contributed by atoms with E-state index >= 15 is 0 Å². The van der Waals surface area contributed by atoms with Gasteiger partial charge in [-0.05, 0) is 21.1 Å². The Hall–Kier alpha value is -2.84. The van der Waals surface area contributed by atoms with Crippen molar-refractivity contribution in [3.63, 3.8) is 0 Å². The average Bonchev–Trinajstić information content (AvgIpc) is 2.63. The van der Waals surface area contributed by atoms with Crippen LogP contribution in [0.4, 0.5) is 5.82 Å². The fourth-order valence-corrected chi connectivity index (χ4v) is 1.51. The molecule has 0 atom stereocenters. The number of nitrogens with zero attached hydrogens (tertiary/aromatic N) is 3. The van der Waals surface area contributed by atoms with Crippen LogP contribution in [-0.4, -0.2) is 48.2 Å². The fraction of sp³-hybridized carbons (Fsp3) is 0.294. The molecule has 1 amide bonds. The zero-order valence-electron chi connectivity index (χ0n) is 15.3. The topological polar surface area (TPSA) is 127 Å². The Balaban J connectivity index is 0.000000845. The number of benzene rings is 1. The van der Waals surface area contributed by atoms with E-state index in [-0.39, 0.29) is 11.5 Å². The maximum atomic E-state index is 11.5. The van der Waals surface area contributed by atoms with Crippen LogP contribution >= 0.6 is 0 Å². The second-order valence-electron chi connectivity index (χ2n) is 5.04. The van der Waals surface area contributed by atoms with E-state index in [2.05, 4.69) is 9.97 Å². The third-order valence-electron chi connectivity index (χ3n) is 2.49. The van der Waals surface area contributed by atoms with Crippen LogP contribution < -0.4 is 17.0 Å². The van der Waals surface area contributed by atoms with E-state index < -0.39 is 5.91 Å². The SMILES string of the molecule is CC.CN(C)C.NNC(=O)c1nc(-c2ccc(C=O)cc2)cnc1N. The molecule has 0 aliphatic carbocycles. The first-order valence-corrected chi connectivity index (χ1v) is 7.69. The Kier molecular flexibility index (Phi) is 10.3. The Labute approximate surface area is 148 Å². The minimum absolute atomic E-state index is 0.00351. The number of aromatic nitrogens is 2. The first kappa shape index (κ1) is 22.2. The maximum Gasteiger partial charge on any atom is 0.287 e. The quantitative estimate of drug-likeness (QED) is 0.331. The number of carbonyl (C=O) groups is 2. The molecule has 0 saturated heterocycles. The summed E-state index contributed by atoms with van der Waals surface area (Å²) in [7, 11) is 6.00. The zero-order chi connectivity index (χ0) is 19.4. The lowest BCUT2D eigenvalue weighted by atomic mass is 10.1. The standard InChI is InChI=1S/C12H11N5O2.C3H9N.C2H6/c13-11-10(12(19)17-14)16-9(5-15-11)8-3-1-7(6-18)2-4-8;1-4(2)3;1-2/h1-6H,14H2,(H2,13,15)(H,17,19);1-3H3;1-2H3. The molecule has 0 fully saturated rings. The number of nitrogen functional groups attached to an aromatic ring is 2. The highest BCUT2D eigenvalue weighted by molar-refractivity contribution is 5.96. The van der Waals surface area contributed by atoms with E-state index in [4.69, 9.17) is 11.6 Å². The summed E-state index contributed by atoms with van der Waals surface area (Å²) in [6.07, 6.45) is 2.18. The van der Waals surface area contributed by atoms with Crippen molar-refractivity contribution in [1.82, 2.24) is 20.3 Å². The van der Waals surface area contributed by atoms with Crippen LogP contribution in [0.2, 0.25) is 0 Å². The highest BCUT2D eigenvalue weighted by atomic mass is 16.2. The van der Waals surface area contributed by atoms with Crippen molar-refractivity contribution < 1.29 is 9.59 Å². The molecule has 0 aliphatic heterocycles. The van der Waals surface area contributed by atoms with Gasteiger partial charge in [0.25, 0.3) is 5.91 Å². The lowest BCUT2D eigenvalue weighted by Gasteiger charge is -2.06. The van der Waals surface area contributed by atoms with Crippen molar-refractivity contribution in [2.75, 3.05) is 26.9 Å². The van der Waals surface area contributed by atoms with E-state index in [1.165, 1.54) is 6.20 Å². The molecule has 0 aliphatic rings. The van der Waals surface area contributed by atoms with E-state index in [1.807, 2.05) is 45.3 Å². The lowest BCUT2D eigenvalue weighted by Crippen LogP contribution is -2.31. The van der Waals surface area contributed by atoms with Crippen LogP contribution in [0, 0.1) is 0 Å². The molecule has 1 aromatic heterocycles. The first-order chi connectivity index (χ1) is 11.9. The predicted octanol–water partition coefficient (Wildman–Crippen LogP) is 1.35. The molecular formula is C17H26N6O2. The summed E-state index contributed by atoms with van der Waals surface area (Å²) in [4.78, 5) is 32.0. The lowest BCUT2D eigenvalue weighted by molar-refractivity contribution is 0.0949. The van der Waals surface area contributed by atoms with E-state index in [0.29, 0.717) is 16.8 Å². The fourth-order valence-electron chi connectivity index (χ4n) is 1.51. The third-order valence-corrected chi connectivity index (χ3v) is 2.49. The Morgan fingerprint density at radius 3 is 2.12 bits per heavy atom. The van der Waals surface area contributed by atoms with Crippen molar-refractivity contribution >= 4 is 18.0 Å². The molecule has 2 aromatic rings. The van der Waals surface area contributed by atoms with E-state index in [0.717, 1.165) is 6.29 Å². The molecule has 25 heavy (non-hydrogen) atoms. The van der Waals surface area contributed by atoms with Crippen LogP contribution in [-0.2, 0) is 0 Å². The molecule has 0 unspecified atom stereocenters. The number of rotatable bonds is 3. The minimum Gasteiger partial charge on any atom is -0.382 e. The van der Waals surface area contributed by atoms with Gasteiger partial charge in [-0.15, -0.1) is 0 Å². The van der Waals surface area contributed by atoms with Gasteiger partial charge in [0.1, 0.15) is 6.29 Å². The molecule has 1 heterocycles. The van der Waals surface area contributed by atoms with Gasteiger partial charge in [-0.1, -0.05) is 38.1 Å². The number of anilines is 1. The Morgan fingerprint density at radius 1 is 1.16 bits per heavy atom. The van der Waals surface area contributed by atoms with Gasteiger partial charge >= 0.3 is 0 Å². The Morgan fingerprint density at radius 2 is 1.68 bits per heavy atom. The van der Waals surface area contributed by atoms with Crippen LogP contribution in [0.5, 0.6) is 0 Å². The zero-order valence-corrected chi connectivity index (χ0v) is 15.3. The van der Waals surface area contributed by atoms with Crippen molar-refractivity contribution in [2.24, 2.45) is 5.84 Å². The number of nitrogens with two attached hydrogens (primary N) is 2. The second kappa shape index (κ2) is 11.7. The van der Waals surface area contributed by atoms with Crippen LogP contribution in [0.25, 0.3) is 11.3 Å². The normalized spacial score (nSPS) is 9.24. The van der Waals surface area contributed by atoms with Gasteiger partial charge in [-0.2, -0.15) is 0 Å². The molecule has 8 heteroatoms. The minimum atomic E-state index is -0.614. The van der Waals surface area contributed by atoms with Crippen LogP contribution in [0.3, 0.4) is 0 Å². The number of nitrogens with one attached hydrogen (secondary N) is 1. The number of carbonyl (C=O) groups excluding carboxylic acids is 2. The number of hydrogen-bond acceptors (Lipinski definition) is 7. The van der Waals surface area contributed by atoms with E-state index in [1.54, 1.807) is 24.3 Å². The maximum absolute atomic E-state index is 11.5. The largest absolute Gasteiger partial charge is 0.382 e. The molecule has 0 radical (unpaired) electrons. The average molecular weight is 346 g/mol. The summed E-state index contributed by atoms with van der Waals surface area (Å²) < 4.78 is 0. The van der Waals surface area contributed by atoms with Crippen molar-refractivity contribution in [3.05, 3.63) is 41.7 Å². The van der Waals surface area contributed by atoms with Gasteiger partial charge in [-0.3, -0.25) is 15.0 Å². The van der Waals surface area contributed by atoms with Crippen molar-refractivity contribution in [1.29, 1.82) is 0 Å². The van der Waals surface area contributed by atoms with Gasteiger partial charge in [0.2, 0.25) is 0 Å². The summed E-state index contributed by atoms with van der Waals surface area (Å²) in [5.41, 5.74) is 9.19. The highest BCUT2D eigenvalue weighted by Crippen LogP contribution is 2.18. The first-order valence-electron chi connectivity index (χ1n) is 7.69. The molecule has 0 bridgehead atoms. The van der Waals surface area contributed by atoms with Gasteiger partial charge in [-0.25, -0.2) is 15.8 Å². The Bertz CT molecular complexity index is 669. The summed E-state index contributed by atoms with van der Waals surface area (Å²) in [6, 6.07) is 6.69. The van der Waals surface area contributed by atoms with Gasteiger partial charge in [0, 0.05) is 11.1 Å². The number of hydrogen-bond donors (Lipinski definition) is 3. The van der Waals surface area contributed by atoms with Crippen LogP contribution in [0.15, 0.2) is 30.5 Å². The number of hydrazine groups is 1. The highest BCUT2D eigenvalue weighted by Gasteiger charge is 2.13. The summed E-state index contributed by atoms with van der Waals surface area (Å²) >= 11 is 0. The summed E-state index contributed by atoms with van der Waals surface area (Å²) in [6.45, 7) is 4.00. The van der Waals surface area contributed by atoms with Crippen molar-refractivity contribution in [2.45, 2.75) is 13.8 Å². The molecule has 0 spiro atoms. The number of amides is 1. The second-order valence-corrected chi connectivity index (χ2v) is 5.04.